The number of nitrogens with one attached hydrogen (secondary N) is 2. The van der Waals surface area contributed by atoms with Crippen LogP contribution in [0.4, 0.5) is 0 Å². The van der Waals surface area contributed by atoms with Crippen LogP contribution in [0.2, 0.25) is 0 Å². The van der Waals surface area contributed by atoms with Gasteiger partial charge in [0.1, 0.15) is 0 Å². The van der Waals surface area contributed by atoms with Crippen molar-refractivity contribution in [2.75, 3.05) is 0 Å². The van der Waals surface area contributed by atoms with Crippen LogP contribution in [0, 0.1) is 0 Å². The van der Waals surface area contributed by atoms with Crippen LogP contribution in [0.15, 0.2) is 99.2 Å². The van der Waals surface area contributed by atoms with Crippen molar-refractivity contribution in [3.8, 4) is 0 Å². The maximum atomic E-state index is 14.8. The van der Waals surface area contributed by atoms with Crippen molar-refractivity contribution >= 4 is 66.8 Å². The molecule has 8 heteroatoms. The second-order valence-electron chi connectivity index (χ2n) is 12.5. The van der Waals surface area contributed by atoms with Gasteiger partial charge < -0.3 is 20.8 Å². The number of fused-ring (bicyclic) bond motifs is 2. The minimum absolute atomic E-state index is 0.102. The van der Waals surface area contributed by atoms with E-state index in [0.29, 0.717) is 72.9 Å². The molecule has 4 N–H and O–H groups in total. The number of hydrogen-bond donors (Lipinski definition) is 4. The fourth-order valence-electron chi connectivity index (χ4n) is 7.10. The highest BCUT2D eigenvalue weighted by Gasteiger charge is 2.35. The minimum Gasteiger partial charge on any atom is -0.478 e. The number of carbonyl (C=O) groups excluding carboxylic acids is 2. The molecule has 0 heterocycles. The van der Waals surface area contributed by atoms with Gasteiger partial charge in [0.15, 0.2) is 0 Å². The largest absolute Gasteiger partial charge is 0.478 e. The number of allylic oxidation sites excluding steroid dienone is 4. The number of aromatic carboxylic acids is 2. The van der Waals surface area contributed by atoms with E-state index < -0.39 is 35.4 Å². The molecule has 5 rings (SSSR count). The predicted molar refractivity (Wildman–Crippen MR) is 202 cm³/mol. The molecule has 0 saturated carbocycles. The zero-order chi connectivity index (χ0) is 35.9. The van der Waals surface area contributed by atoms with Crippen molar-refractivity contribution in [1.29, 1.82) is 0 Å². The fraction of sp³-hybridized carbons (Fsp3) is 0.238. The zero-order valence-corrected chi connectivity index (χ0v) is 28.1. The molecule has 0 saturated heterocycles. The van der Waals surface area contributed by atoms with Crippen LogP contribution in [0.5, 0.6) is 0 Å². The second kappa shape index (κ2) is 15.6. The van der Waals surface area contributed by atoms with Gasteiger partial charge in [0, 0.05) is 22.9 Å². The monoisotopic (exact) mass is 670 g/mol. The maximum absolute atomic E-state index is 14.8. The molecule has 0 spiro atoms. The first-order chi connectivity index (χ1) is 24.2. The average molecular weight is 671 g/mol. The lowest BCUT2D eigenvalue weighted by atomic mass is 9.81. The molecule has 0 bridgehead atoms. The number of rotatable bonds is 18. The highest BCUT2D eigenvalue weighted by atomic mass is 16.4. The summed E-state index contributed by atoms with van der Waals surface area (Å²) in [5.74, 6) is -4.26. The summed E-state index contributed by atoms with van der Waals surface area (Å²) in [7, 11) is 0. The molecule has 0 radical (unpaired) electrons. The molecule has 0 aliphatic rings. The molecule has 5 aromatic rings. The van der Waals surface area contributed by atoms with E-state index >= 15 is 0 Å². The van der Waals surface area contributed by atoms with E-state index in [2.05, 4.69) is 36.9 Å². The van der Waals surface area contributed by atoms with Gasteiger partial charge in [0.2, 0.25) is 0 Å². The topological polar surface area (TPSA) is 133 Å². The Morgan fingerprint density at radius 2 is 1.02 bits per heavy atom. The molecule has 0 unspecified atom stereocenters. The number of amides is 2. The molecule has 256 valence electrons. The van der Waals surface area contributed by atoms with Gasteiger partial charge in [0.25, 0.3) is 11.8 Å². The second-order valence-corrected chi connectivity index (χ2v) is 12.5. The van der Waals surface area contributed by atoms with Crippen LogP contribution in [0.1, 0.15) is 92.8 Å². The summed E-state index contributed by atoms with van der Waals surface area (Å²) in [6, 6.07) is 13.6. The van der Waals surface area contributed by atoms with E-state index in [9.17, 15) is 29.4 Å². The molecular formula is C42H42N2O6. The standard InChI is InChI=1S/C42H42N2O6/c1-5-9-17-26(18-10-6-2)43-39(45)36-34-30-22-14-16-25-15-13-21-28(32(25)30)29-23-24-31(41(47)48)35(33(29)34)38(42(49)50)37(36)40(46)44-27(19-11-7-3)20-12-8-4/h5-8,13-16,21-24,26-27H,1-4,9-12,17-20H2,(H,43,45)(H,44,46)(H,47,48)(H,49,50). The molecule has 5 aromatic carbocycles. The van der Waals surface area contributed by atoms with Gasteiger partial charge in [-0.15, -0.1) is 26.3 Å². The van der Waals surface area contributed by atoms with Crippen molar-refractivity contribution < 1.29 is 29.4 Å². The molecule has 0 fully saturated rings. The first-order valence-corrected chi connectivity index (χ1v) is 16.9. The van der Waals surface area contributed by atoms with Gasteiger partial charge in [-0.1, -0.05) is 66.8 Å². The van der Waals surface area contributed by atoms with Crippen LogP contribution in [0.25, 0.3) is 43.1 Å². The van der Waals surface area contributed by atoms with Gasteiger partial charge in [-0.25, -0.2) is 9.59 Å². The van der Waals surface area contributed by atoms with E-state index in [-0.39, 0.29) is 28.1 Å². The lowest BCUT2D eigenvalue weighted by molar-refractivity contribution is 0.0692. The Kier molecular flexibility index (Phi) is 11.1. The smallest absolute Gasteiger partial charge is 0.337 e. The Morgan fingerprint density at radius 3 is 1.50 bits per heavy atom. The Labute approximate surface area is 291 Å². The first kappa shape index (κ1) is 35.5. The lowest BCUT2D eigenvalue weighted by Gasteiger charge is -2.25. The maximum Gasteiger partial charge on any atom is 0.337 e. The molecule has 50 heavy (non-hydrogen) atoms. The predicted octanol–water partition coefficient (Wildman–Crippen LogP) is 9.20. The summed E-state index contributed by atoms with van der Waals surface area (Å²) in [4.78, 5) is 55.8. The van der Waals surface area contributed by atoms with Gasteiger partial charge in [0.05, 0.1) is 22.3 Å². The summed E-state index contributed by atoms with van der Waals surface area (Å²) in [5, 5.41) is 31.7. The highest BCUT2D eigenvalue weighted by Crippen LogP contribution is 2.45. The van der Waals surface area contributed by atoms with E-state index in [1.165, 1.54) is 6.07 Å². The number of benzene rings is 5. The third-order valence-electron chi connectivity index (χ3n) is 9.37. The Bertz CT molecular complexity index is 2130. The van der Waals surface area contributed by atoms with E-state index in [1.807, 2.05) is 36.4 Å². The first-order valence-electron chi connectivity index (χ1n) is 16.9. The Morgan fingerprint density at radius 1 is 0.540 bits per heavy atom. The van der Waals surface area contributed by atoms with E-state index in [1.54, 1.807) is 30.4 Å². The van der Waals surface area contributed by atoms with Crippen LogP contribution in [-0.4, -0.2) is 46.0 Å². The summed E-state index contributed by atoms with van der Waals surface area (Å²) in [5.41, 5.74) is -1.29. The molecule has 8 nitrogen and oxygen atoms in total. The molecule has 0 aliphatic carbocycles. The van der Waals surface area contributed by atoms with Crippen LogP contribution >= 0.6 is 0 Å². The number of carboxylic acids is 2. The van der Waals surface area contributed by atoms with E-state index in [0.717, 1.165) is 16.2 Å². The van der Waals surface area contributed by atoms with Gasteiger partial charge in [-0.05, 0) is 89.8 Å². The van der Waals surface area contributed by atoms with Crippen molar-refractivity contribution in [2.24, 2.45) is 0 Å². The number of carbonyl (C=O) groups is 4. The van der Waals surface area contributed by atoms with Crippen molar-refractivity contribution in [3.05, 3.63) is 121 Å². The summed E-state index contributed by atoms with van der Waals surface area (Å²) < 4.78 is 0. The summed E-state index contributed by atoms with van der Waals surface area (Å²) in [6.45, 7) is 15.2. The Balaban J connectivity index is 1.96. The van der Waals surface area contributed by atoms with Crippen LogP contribution in [-0.2, 0) is 0 Å². The molecular weight excluding hydrogens is 628 g/mol. The third kappa shape index (κ3) is 6.74. The van der Waals surface area contributed by atoms with Crippen LogP contribution in [0.3, 0.4) is 0 Å². The minimum atomic E-state index is -1.52. The van der Waals surface area contributed by atoms with Crippen molar-refractivity contribution in [2.45, 2.75) is 63.5 Å². The van der Waals surface area contributed by atoms with Gasteiger partial charge in [-0.3, -0.25) is 9.59 Å². The SMILES string of the molecule is C=CCCC(CCC=C)NC(=O)c1c(C(=O)O)c2c(C(=O)O)ccc3c4cccc5cccc(c(c1C(=O)NC(CCC=C)CCC=C)c23)c54. The zero-order valence-electron chi connectivity index (χ0n) is 28.1. The number of hydrogen-bond acceptors (Lipinski definition) is 4. The van der Waals surface area contributed by atoms with Gasteiger partial charge >= 0.3 is 11.9 Å². The number of carboxylic acid groups (broad SMARTS) is 2. The van der Waals surface area contributed by atoms with Gasteiger partial charge in [-0.2, -0.15) is 0 Å². The summed E-state index contributed by atoms with van der Waals surface area (Å²) in [6.07, 6.45) is 11.6. The van der Waals surface area contributed by atoms with Crippen molar-refractivity contribution in [3.63, 3.8) is 0 Å². The fourth-order valence-corrected chi connectivity index (χ4v) is 7.10. The third-order valence-corrected chi connectivity index (χ3v) is 9.37. The summed E-state index contributed by atoms with van der Waals surface area (Å²) >= 11 is 0. The normalized spacial score (nSPS) is 11.4. The lowest BCUT2D eigenvalue weighted by Crippen LogP contribution is -2.40. The molecule has 2 amide bonds. The Hall–Kier alpha value is -5.76. The van der Waals surface area contributed by atoms with Crippen molar-refractivity contribution in [1.82, 2.24) is 10.6 Å². The highest BCUT2D eigenvalue weighted by molar-refractivity contribution is 6.40. The van der Waals surface area contributed by atoms with E-state index in [4.69, 9.17) is 0 Å². The quantitative estimate of drug-likeness (QED) is 0.0417. The molecule has 0 aromatic heterocycles. The van der Waals surface area contributed by atoms with Crippen LogP contribution < -0.4 is 10.6 Å². The molecule has 0 aliphatic heterocycles. The molecule has 0 atom stereocenters. The average Bonchev–Trinajstić information content (AvgIpc) is 3.11.